The Kier molecular flexibility index (Phi) is 2.57. The molecule has 3 aliphatic heterocycles. The third-order valence-electron chi connectivity index (χ3n) is 10.5. The number of rotatable bonds is 1. The van der Waals surface area contributed by atoms with Gasteiger partial charge in [-0.25, -0.2) is 0 Å². The molecular weight excluding hydrogens is 356 g/mol. The molecule has 3 saturated heterocycles. The minimum absolute atomic E-state index is 0.107. The fourth-order valence-electron chi connectivity index (χ4n) is 9.09. The van der Waals surface area contributed by atoms with E-state index in [1.807, 2.05) is 0 Å². The zero-order valence-corrected chi connectivity index (χ0v) is 16.9. The smallest absolute Gasteiger partial charge is 0.206 e. The molecule has 5 aliphatic carbocycles. The van der Waals surface area contributed by atoms with Crippen LogP contribution in [0.25, 0.3) is 0 Å². The Morgan fingerprint density at radius 3 is 2.71 bits per heavy atom. The van der Waals surface area contributed by atoms with Gasteiger partial charge in [0.25, 0.3) is 0 Å². The summed E-state index contributed by atoms with van der Waals surface area (Å²) in [6.45, 7) is 3.86. The summed E-state index contributed by atoms with van der Waals surface area (Å²) in [6, 6.07) is 0. The van der Waals surface area contributed by atoms with Crippen LogP contribution in [-0.2, 0) is 23.7 Å². The van der Waals surface area contributed by atoms with Crippen molar-refractivity contribution in [1.29, 1.82) is 0 Å². The molecule has 5 heteroatoms. The minimum atomic E-state index is -0.681. The van der Waals surface area contributed by atoms with Gasteiger partial charge in [0, 0.05) is 20.0 Å². The van der Waals surface area contributed by atoms with E-state index in [1.54, 1.807) is 12.7 Å². The summed E-state index contributed by atoms with van der Waals surface area (Å²) in [6.07, 6.45) is 10.6. The number of ether oxygens (including phenoxy) is 5. The molecule has 0 radical (unpaired) electrons. The van der Waals surface area contributed by atoms with Gasteiger partial charge in [0.15, 0.2) is 11.9 Å². The van der Waals surface area contributed by atoms with Gasteiger partial charge >= 0.3 is 0 Å². The third-order valence-corrected chi connectivity index (χ3v) is 10.5. The Bertz CT molecular complexity index is 818. The maximum Gasteiger partial charge on any atom is 0.206 e. The van der Waals surface area contributed by atoms with E-state index in [2.05, 4.69) is 13.0 Å². The number of fused-ring (bicyclic) bond motifs is 6. The van der Waals surface area contributed by atoms with Gasteiger partial charge in [0.2, 0.25) is 5.79 Å². The predicted molar refractivity (Wildman–Crippen MR) is 98.3 cm³/mol. The Morgan fingerprint density at radius 2 is 1.93 bits per heavy atom. The minimum Gasteiger partial charge on any atom is -0.357 e. The highest BCUT2D eigenvalue weighted by Crippen LogP contribution is 2.79. The molecule has 7 fully saturated rings. The maximum absolute atomic E-state index is 6.79. The van der Waals surface area contributed by atoms with E-state index >= 15 is 0 Å². The Labute approximate surface area is 166 Å². The molecule has 2 spiro atoms. The zero-order valence-electron chi connectivity index (χ0n) is 16.9. The second-order valence-electron chi connectivity index (χ2n) is 11.3. The molecule has 3 heterocycles. The van der Waals surface area contributed by atoms with Crippen LogP contribution in [-0.4, -0.2) is 49.2 Å². The van der Waals surface area contributed by atoms with Crippen LogP contribution < -0.4 is 0 Å². The van der Waals surface area contributed by atoms with Gasteiger partial charge in [-0.05, 0) is 66.8 Å². The van der Waals surface area contributed by atoms with Crippen LogP contribution >= 0.6 is 0 Å². The Balaban J connectivity index is 1.22. The molecule has 28 heavy (non-hydrogen) atoms. The molecule has 0 aromatic heterocycles. The van der Waals surface area contributed by atoms with Crippen LogP contribution in [0.2, 0.25) is 0 Å². The molecule has 0 N–H and O–H groups in total. The highest BCUT2D eigenvalue weighted by molar-refractivity contribution is 5.46. The van der Waals surface area contributed by atoms with Crippen molar-refractivity contribution in [1.82, 2.24) is 0 Å². The third kappa shape index (κ3) is 1.49. The van der Waals surface area contributed by atoms with Crippen LogP contribution in [0.15, 0.2) is 11.6 Å². The molecule has 0 bridgehead atoms. The number of hydrogen-bond donors (Lipinski definition) is 0. The van der Waals surface area contributed by atoms with Crippen LogP contribution in [0.1, 0.15) is 51.9 Å². The highest BCUT2D eigenvalue weighted by Gasteiger charge is 2.90. The zero-order chi connectivity index (χ0) is 18.6. The lowest BCUT2D eigenvalue weighted by atomic mass is 9.52. The van der Waals surface area contributed by atoms with Gasteiger partial charge in [0.1, 0.15) is 11.2 Å². The normalized spacial score (nSPS) is 63.8. The fourth-order valence-corrected chi connectivity index (χ4v) is 9.09. The van der Waals surface area contributed by atoms with Crippen LogP contribution in [0.3, 0.4) is 0 Å². The van der Waals surface area contributed by atoms with E-state index in [-0.39, 0.29) is 17.5 Å². The van der Waals surface area contributed by atoms with E-state index in [0.717, 1.165) is 37.0 Å². The first-order valence-electron chi connectivity index (χ1n) is 11.4. The van der Waals surface area contributed by atoms with E-state index in [1.165, 1.54) is 25.7 Å². The summed E-state index contributed by atoms with van der Waals surface area (Å²) >= 11 is 0. The lowest BCUT2D eigenvalue weighted by molar-refractivity contribution is -0.228. The van der Waals surface area contributed by atoms with Crippen molar-refractivity contribution in [2.75, 3.05) is 20.3 Å². The van der Waals surface area contributed by atoms with Gasteiger partial charge in [-0.3, -0.25) is 0 Å². The summed E-state index contributed by atoms with van der Waals surface area (Å²) in [5.74, 6) is 2.89. The van der Waals surface area contributed by atoms with Gasteiger partial charge in [-0.15, -0.1) is 0 Å². The second-order valence-corrected chi connectivity index (χ2v) is 11.3. The van der Waals surface area contributed by atoms with Crippen molar-refractivity contribution in [2.45, 2.75) is 80.7 Å². The molecule has 5 nitrogen and oxygen atoms in total. The lowest BCUT2D eigenvalue weighted by Gasteiger charge is -2.51. The van der Waals surface area contributed by atoms with Crippen LogP contribution in [0.5, 0.6) is 0 Å². The van der Waals surface area contributed by atoms with E-state index in [0.29, 0.717) is 24.5 Å². The standard InChI is InChI=1S/C23H30O5/c1-19-5-4-15-14(17(19)10-13-9-16(13)19)3-6-20-11-23(25-7-8-26-23)22(18(24-2)27-22)12-21(15,20)28-20/h4,13-14,16-18H,3,5-12H2,1-2H3/t13-,14-,16-,17+,18?,19-,20-,21-,22?/m1/s1. The molecule has 152 valence electrons. The van der Waals surface area contributed by atoms with Gasteiger partial charge in [-0.2, -0.15) is 0 Å². The lowest BCUT2D eigenvalue weighted by Crippen LogP contribution is -2.61. The maximum atomic E-state index is 6.79. The topological polar surface area (TPSA) is 52.8 Å². The van der Waals surface area contributed by atoms with Crippen molar-refractivity contribution >= 4 is 0 Å². The average molecular weight is 386 g/mol. The van der Waals surface area contributed by atoms with Crippen molar-refractivity contribution in [3.63, 3.8) is 0 Å². The SMILES string of the molecule is COC1OC12C[C@]13O[C@]1(CC[C@@H]1C3=CC[C@]3(C)[C@@H]4C[C@@H]4C[C@@H]13)CC21OCCO1. The largest absolute Gasteiger partial charge is 0.357 e. The molecule has 9 atom stereocenters. The fraction of sp³-hybridized carbons (Fsp3) is 0.913. The second kappa shape index (κ2) is 4.43. The summed E-state index contributed by atoms with van der Waals surface area (Å²) in [5.41, 5.74) is 1.39. The summed E-state index contributed by atoms with van der Waals surface area (Å²) in [5, 5.41) is 0. The first kappa shape index (κ1) is 16.3. The predicted octanol–water partition coefficient (Wildman–Crippen LogP) is 3.18. The van der Waals surface area contributed by atoms with E-state index in [9.17, 15) is 0 Å². The molecule has 0 aromatic carbocycles. The van der Waals surface area contributed by atoms with Gasteiger partial charge < -0.3 is 23.7 Å². The van der Waals surface area contributed by atoms with Gasteiger partial charge in [0.05, 0.1) is 13.2 Å². The molecule has 8 aliphatic rings. The summed E-state index contributed by atoms with van der Waals surface area (Å²) in [4.78, 5) is 0. The quantitative estimate of drug-likeness (QED) is 0.512. The summed E-state index contributed by atoms with van der Waals surface area (Å²) < 4.78 is 31.1. The van der Waals surface area contributed by atoms with Crippen molar-refractivity contribution in [3.05, 3.63) is 11.6 Å². The Hall–Kier alpha value is -0.460. The number of epoxide rings is 2. The molecule has 2 unspecified atom stereocenters. The number of methoxy groups -OCH3 is 1. The van der Waals surface area contributed by atoms with Crippen LogP contribution in [0.4, 0.5) is 0 Å². The first-order valence-corrected chi connectivity index (χ1v) is 11.4. The first-order chi connectivity index (χ1) is 13.5. The number of hydrogen-bond acceptors (Lipinski definition) is 5. The van der Waals surface area contributed by atoms with Gasteiger partial charge in [-0.1, -0.05) is 13.0 Å². The molecule has 0 amide bonds. The average Bonchev–Trinajstić information content (AvgIpc) is 3.62. The van der Waals surface area contributed by atoms with E-state index < -0.39 is 11.4 Å². The molecule has 8 rings (SSSR count). The van der Waals surface area contributed by atoms with E-state index in [4.69, 9.17) is 23.7 Å². The molecular formula is C23H30O5. The van der Waals surface area contributed by atoms with Crippen LogP contribution in [0, 0.1) is 29.1 Å². The number of allylic oxidation sites excluding steroid dienone is 1. The highest BCUT2D eigenvalue weighted by atomic mass is 16.8. The Morgan fingerprint density at radius 1 is 1.11 bits per heavy atom. The van der Waals surface area contributed by atoms with Crippen molar-refractivity contribution in [2.24, 2.45) is 29.1 Å². The van der Waals surface area contributed by atoms with Crippen molar-refractivity contribution in [3.8, 4) is 0 Å². The molecule has 0 aromatic rings. The molecule has 4 saturated carbocycles. The summed E-state index contributed by atoms with van der Waals surface area (Å²) in [7, 11) is 1.73. The van der Waals surface area contributed by atoms with Crippen molar-refractivity contribution < 1.29 is 23.7 Å². The monoisotopic (exact) mass is 386 g/mol.